The van der Waals surface area contributed by atoms with E-state index >= 15 is 0 Å². The van der Waals surface area contributed by atoms with Crippen LogP contribution < -0.4 is 5.32 Å². The predicted molar refractivity (Wildman–Crippen MR) is 74.7 cm³/mol. The van der Waals surface area contributed by atoms with E-state index in [4.69, 9.17) is 23.2 Å². The van der Waals surface area contributed by atoms with Crippen LogP contribution in [0.1, 0.15) is 38.2 Å². The molecule has 1 saturated carbocycles. The molecule has 1 aliphatic rings. The van der Waals surface area contributed by atoms with E-state index in [1.807, 2.05) is 18.2 Å². The first-order valence-corrected chi connectivity index (χ1v) is 7.12. The van der Waals surface area contributed by atoms with E-state index in [0.29, 0.717) is 11.1 Å². The highest BCUT2D eigenvalue weighted by molar-refractivity contribution is 6.35. The standard InChI is InChI=1S/C14H19Cl2N/c1-2-13(7-10-3-4-10)17-9-11-5-6-12(15)8-14(11)16/h5-6,8,10,13,17H,2-4,7,9H2,1H3. The van der Waals surface area contributed by atoms with Gasteiger partial charge in [-0.05, 0) is 36.5 Å². The number of halogens is 2. The maximum Gasteiger partial charge on any atom is 0.0465 e. The summed E-state index contributed by atoms with van der Waals surface area (Å²) in [5.41, 5.74) is 1.13. The van der Waals surface area contributed by atoms with E-state index in [1.165, 1.54) is 25.7 Å². The zero-order chi connectivity index (χ0) is 12.3. The molecule has 0 bridgehead atoms. The third-order valence-electron chi connectivity index (χ3n) is 3.40. The Morgan fingerprint density at radius 3 is 2.71 bits per heavy atom. The van der Waals surface area contributed by atoms with Crippen LogP contribution in [0.5, 0.6) is 0 Å². The summed E-state index contributed by atoms with van der Waals surface area (Å²) in [6.45, 7) is 3.07. The molecule has 0 aliphatic heterocycles. The van der Waals surface area contributed by atoms with Gasteiger partial charge in [0.25, 0.3) is 0 Å². The largest absolute Gasteiger partial charge is 0.310 e. The first-order valence-electron chi connectivity index (χ1n) is 6.36. The number of hydrogen-bond acceptors (Lipinski definition) is 1. The molecule has 2 rings (SSSR count). The van der Waals surface area contributed by atoms with Crippen LogP contribution in [-0.2, 0) is 6.54 Å². The van der Waals surface area contributed by atoms with E-state index in [9.17, 15) is 0 Å². The summed E-state index contributed by atoms with van der Waals surface area (Å²) >= 11 is 12.0. The minimum Gasteiger partial charge on any atom is -0.310 e. The van der Waals surface area contributed by atoms with Crippen molar-refractivity contribution in [1.82, 2.24) is 5.32 Å². The Labute approximate surface area is 114 Å². The van der Waals surface area contributed by atoms with Gasteiger partial charge < -0.3 is 5.32 Å². The van der Waals surface area contributed by atoms with Crippen LogP contribution >= 0.6 is 23.2 Å². The van der Waals surface area contributed by atoms with Crippen molar-refractivity contribution in [3.8, 4) is 0 Å². The summed E-state index contributed by atoms with van der Waals surface area (Å²) in [7, 11) is 0. The van der Waals surface area contributed by atoms with Gasteiger partial charge in [-0.25, -0.2) is 0 Å². The van der Waals surface area contributed by atoms with Gasteiger partial charge in [0.1, 0.15) is 0 Å². The molecule has 1 fully saturated rings. The van der Waals surface area contributed by atoms with Gasteiger partial charge >= 0.3 is 0 Å². The quantitative estimate of drug-likeness (QED) is 0.794. The normalized spacial score (nSPS) is 17.1. The van der Waals surface area contributed by atoms with Crippen LogP contribution in [0.3, 0.4) is 0 Å². The lowest BCUT2D eigenvalue weighted by Gasteiger charge is -2.17. The SMILES string of the molecule is CCC(CC1CC1)NCc1ccc(Cl)cc1Cl. The summed E-state index contributed by atoms with van der Waals surface area (Å²) in [6, 6.07) is 6.32. The van der Waals surface area contributed by atoms with Crippen molar-refractivity contribution in [2.45, 2.75) is 45.2 Å². The lowest BCUT2D eigenvalue weighted by molar-refractivity contribution is 0.445. The summed E-state index contributed by atoms with van der Waals surface area (Å²) in [4.78, 5) is 0. The monoisotopic (exact) mass is 271 g/mol. The summed E-state index contributed by atoms with van der Waals surface area (Å²) in [5, 5.41) is 5.04. The van der Waals surface area contributed by atoms with Crippen LogP contribution in [0, 0.1) is 5.92 Å². The second kappa shape index (κ2) is 6.08. The second-order valence-corrected chi connectivity index (χ2v) is 5.74. The fraction of sp³-hybridized carbons (Fsp3) is 0.571. The van der Waals surface area contributed by atoms with Gasteiger partial charge in [-0.15, -0.1) is 0 Å². The molecule has 0 saturated heterocycles. The molecule has 0 radical (unpaired) electrons. The highest BCUT2D eigenvalue weighted by Crippen LogP contribution is 2.34. The number of benzene rings is 1. The van der Waals surface area contributed by atoms with Crippen molar-refractivity contribution < 1.29 is 0 Å². The first kappa shape index (κ1) is 13.2. The Kier molecular flexibility index (Phi) is 4.72. The fourth-order valence-corrected chi connectivity index (χ4v) is 2.54. The molecule has 0 amide bonds. The number of nitrogens with one attached hydrogen (secondary N) is 1. The summed E-state index contributed by atoms with van der Waals surface area (Å²) in [6.07, 6.45) is 5.32. The van der Waals surface area contributed by atoms with Gasteiger partial charge in [0.15, 0.2) is 0 Å². The van der Waals surface area contributed by atoms with Crippen LogP contribution in [-0.4, -0.2) is 6.04 Å². The van der Waals surface area contributed by atoms with Crippen molar-refractivity contribution in [2.24, 2.45) is 5.92 Å². The van der Waals surface area contributed by atoms with Crippen molar-refractivity contribution in [3.05, 3.63) is 33.8 Å². The van der Waals surface area contributed by atoms with E-state index in [0.717, 1.165) is 23.0 Å². The van der Waals surface area contributed by atoms with Crippen LogP contribution in [0.4, 0.5) is 0 Å². The smallest absolute Gasteiger partial charge is 0.0465 e. The van der Waals surface area contributed by atoms with Crippen molar-refractivity contribution in [2.75, 3.05) is 0 Å². The molecule has 1 aromatic rings. The maximum atomic E-state index is 6.15. The second-order valence-electron chi connectivity index (χ2n) is 4.90. The van der Waals surface area contributed by atoms with E-state index in [-0.39, 0.29) is 0 Å². The number of hydrogen-bond donors (Lipinski definition) is 1. The third-order valence-corrected chi connectivity index (χ3v) is 3.99. The van der Waals surface area contributed by atoms with E-state index < -0.39 is 0 Å². The zero-order valence-electron chi connectivity index (χ0n) is 10.2. The van der Waals surface area contributed by atoms with Crippen LogP contribution in [0.25, 0.3) is 0 Å². The summed E-state index contributed by atoms with van der Waals surface area (Å²) < 4.78 is 0. The Bertz CT molecular complexity index is 374. The Hall–Kier alpha value is -0.240. The Morgan fingerprint density at radius 2 is 2.12 bits per heavy atom. The van der Waals surface area contributed by atoms with Crippen molar-refractivity contribution in [3.63, 3.8) is 0 Å². The van der Waals surface area contributed by atoms with E-state index in [2.05, 4.69) is 12.2 Å². The Balaban J connectivity index is 1.86. The highest BCUT2D eigenvalue weighted by atomic mass is 35.5. The van der Waals surface area contributed by atoms with Gasteiger partial charge in [-0.1, -0.05) is 49.0 Å². The molecular weight excluding hydrogens is 253 g/mol. The molecule has 3 heteroatoms. The average Bonchev–Trinajstić information content (AvgIpc) is 3.10. The molecule has 17 heavy (non-hydrogen) atoms. The lowest BCUT2D eigenvalue weighted by atomic mass is 10.1. The van der Waals surface area contributed by atoms with Gasteiger partial charge in [0.05, 0.1) is 0 Å². The van der Waals surface area contributed by atoms with Gasteiger partial charge in [0, 0.05) is 22.6 Å². The molecule has 1 aromatic carbocycles. The molecule has 1 unspecified atom stereocenters. The fourth-order valence-electron chi connectivity index (χ4n) is 2.07. The first-order chi connectivity index (χ1) is 8.19. The molecule has 0 aromatic heterocycles. The average molecular weight is 272 g/mol. The summed E-state index contributed by atoms with van der Waals surface area (Å²) in [5.74, 6) is 0.966. The maximum absolute atomic E-state index is 6.15. The Morgan fingerprint density at radius 1 is 1.35 bits per heavy atom. The van der Waals surface area contributed by atoms with Gasteiger partial charge in [0.2, 0.25) is 0 Å². The molecule has 1 nitrogen and oxygen atoms in total. The van der Waals surface area contributed by atoms with Crippen LogP contribution in [0.2, 0.25) is 10.0 Å². The molecule has 1 atom stereocenters. The minimum absolute atomic E-state index is 0.620. The molecule has 0 spiro atoms. The highest BCUT2D eigenvalue weighted by Gasteiger charge is 2.24. The van der Waals surface area contributed by atoms with Gasteiger partial charge in [-0.3, -0.25) is 0 Å². The lowest BCUT2D eigenvalue weighted by Crippen LogP contribution is -2.28. The van der Waals surface area contributed by atoms with E-state index in [1.54, 1.807) is 0 Å². The third kappa shape index (κ3) is 4.17. The number of rotatable bonds is 6. The minimum atomic E-state index is 0.620. The molecule has 1 aliphatic carbocycles. The predicted octanol–water partition coefficient (Wildman–Crippen LogP) is 4.66. The topological polar surface area (TPSA) is 12.0 Å². The zero-order valence-corrected chi connectivity index (χ0v) is 11.7. The molecule has 1 N–H and O–H groups in total. The van der Waals surface area contributed by atoms with Crippen LogP contribution in [0.15, 0.2) is 18.2 Å². The molecule has 0 heterocycles. The molecular formula is C14H19Cl2N. The van der Waals surface area contributed by atoms with Crippen molar-refractivity contribution >= 4 is 23.2 Å². The van der Waals surface area contributed by atoms with Crippen molar-refractivity contribution in [1.29, 1.82) is 0 Å². The molecule has 94 valence electrons. The van der Waals surface area contributed by atoms with Gasteiger partial charge in [-0.2, -0.15) is 0 Å².